The number of hydrogen-bond acceptors (Lipinski definition) is 14. The second-order valence-corrected chi connectivity index (χ2v) is 16.8. The van der Waals surface area contributed by atoms with Crippen LogP contribution < -0.4 is 15.5 Å². The third-order valence-electron chi connectivity index (χ3n) is 13.1. The highest BCUT2D eigenvalue weighted by molar-refractivity contribution is 6.22. The normalized spacial score (nSPS) is 23.2. The average Bonchev–Trinajstić information content (AvgIpc) is 3.85. The van der Waals surface area contributed by atoms with Gasteiger partial charge in [0.05, 0.1) is 59.0 Å². The number of piperidine rings is 2. The standard InChI is InChI=1S/C44H46N10O8/c1-26-25-62-19-18-51(26)40-36-22-46-53(41(36)49-39(48-40)28-6-10-33(11-7-28)54(60)61)32-14-16-50(17-15-32)42(57)29-4-2-27(3-5-29)21-45-30-8-12-34-35(20-30)44(59)52(43(34)58)38-13-9-31(23-55)47-37(38)24-56/h6-8,10-12,20,22,26-27,29,32,38,45,47H,2-5,9,13-19,21,25H2,1H3/t26-,27?,29?,38?/m0/s1. The summed E-state index contributed by atoms with van der Waals surface area (Å²) in [6, 6.07) is 10.6. The lowest BCUT2D eigenvalue weighted by molar-refractivity contribution is -0.384. The maximum Gasteiger partial charge on any atom is 0.269 e. The molecule has 4 fully saturated rings. The van der Waals surface area contributed by atoms with Crippen molar-refractivity contribution >= 4 is 57.8 Å². The Morgan fingerprint density at radius 3 is 2.42 bits per heavy atom. The zero-order valence-corrected chi connectivity index (χ0v) is 34.2. The van der Waals surface area contributed by atoms with E-state index in [1.807, 2.05) is 15.8 Å². The minimum Gasteiger partial charge on any atom is -0.385 e. The van der Waals surface area contributed by atoms with Gasteiger partial charge in [0.1, 0.15) is 29.1 Å². The van der Waals surface area contributed by atoms with Crippen molar-refractivity contribution in [3.63, 3.8) is 0 Å². The van der Waals surface area contributed by atoms with Crippen LogP contribution in [0, 0.1) is 22.0 Å². The van der Waals surface area contributed by atoms with E-state index in [1.165, 1.54) is 12.1 Å². The number of nitro groups is 1. The molecule has 0 spiro atoms. The van der Waals surface area contributed by atoms with Gasteiger partial charge in [0.15, 0.2) is 11.5 Å². The lowest BCUT2D eigenvalue weighted by Gasteiger charge is -2.36. The molecule has 320 valence electrons. The van der Waals surface area contributed by atoms with Crippen LogP contribution in [0.2, 0.25) is 0 Å². The summed E-state index contributed by atoms with van der Waals surface area (Å²) in [4.78, 5) is 89.4. The van der Waals surface area contributed by atoms with E-state index in [0.717, 1.165) is 54.6 Å². The third kappa shape index (κ3) is 7.61. The van der Waals surface area contributed by atoms with Gasteiger partial charge in [-0.1, -0.05) is 0 Å². The van der Waals surface area contributed by atoms with E-state index in [0.29, 0.717) is 68.0 Å². The highest BCUT2D eigenvalue weighted by Gasteiger charge is 2.43. The molecule has 18 nitrogen and oxygen atoms in total. The van der Waals surface area contributed by atoms with Crippen molar-refractivity contribution < 1.29 is 33.6 Å². The number of rotatable bonds is 9. The first-order valence-electron chi connectivity index (χ1n) is 21.3. The lowest BCUT2D eigenvalue weighted by Crippen LogP contribution is -2.46. The van der Waals surface area contributed by atoms with Crippen molar-refractivity contribution in [1.82, 2.24) is 34.9 Å². The molecule has 0 bridgehead atoms. The molecule has 2 aromatic heterocycles. The number of carbonyl (C=O) groups is 3. The minimum atomic E-state index is -0.839. The lowest BCUT2D eigenvalue weighted by atomic mass is 9.81. The Hall–Kier alpha value is -6.74. The Labute approximate surface area is 356 Å². The summed E-state index contributed by atoms with van der Waals surface area (Å²) in [6.07, 6.45) is 7.07. The van der Waals surface area contributed by atoms with E-state index in [4.69, 9.17) is 19.8 Å². The van der Waals surface area contributed by atoms with Crippen molar-refractivity contribution in [3.8, 4) is 11.4 Å². The summed E-state index contributed by atoms with van der Waals surface area (Å²) in [7, 11) is 0. The van der Waals surface area contributed by atoms with E-state index >= 15 is 0 Å². The number of ether oxygens (including phenoxy) is 1. The molecular formula is C44H46N10O8. The third-order valence-corrected chi connectivity index (χ3v) is 13.1. The number of non-ortho nitro benzene ring substituents is 1. The molecule has 2 atom stereocenters. The summed E-state index contributed by atoms with van der Waals surface area (Å²) in [5.74, 6) is 4.18. The fourth-order valence-corrected chi connectivity index (χ4v) is 9.58. The smallest absolute Gasteiger partial charge is 0.269 e. The Morgan fingerprint density at radius 1 is 0.952 bits per heavy atom. The number of imide groups is 1. The van der Waals surface area contributed by atoms with Crippen LogP contribution in [0.15, 0.2) is 60.1 Å². The van der Waals surface area contributed by atoms with Crippen molar-refractivity contribution in [3.05, 3.63) is 81.3 Å². The van der Waals surface area contributed by atoms with Gasteiger partial charge < -0.3 is 25.2 Å². The second kappa shape index (κ2) is 17.0. The number of aromatic nitrogens is 4. The number of fused-ring (bicyclic) bond motifs is 2. The Morgan fingerprint density at radius 2 is 1.71 bits per heavy atom. The summed E-state index contributed by atoms with van der Waals surface area (Å²) in [5, 5.41) is 23.1. The Bertz CT molecular complexity index is 2550. The summed E-state index contributed by atoms with van der Waals surface area (Å²) in [6.45, 7) is 5.75. The topological polar surface area (TPSA) is 215 Å². The number of nitro benzene ring substituents is 1. The van der Waals surface area contributed by atoms with Crippen LogP contribution in [-0.4, -0.2) is 116 Å². The van der Waals surface area contributed by atoms with Gasteiger partial charge in [-0.2, -0.15) is 5.10 Å². The molecule has 3 saturated heterocycles. The second-order valence-electron chi connectivity index (χ2n) is 16.8. The van der Waals surface area contributed by atoms with Gasteiger partial charge in [0, 0.05) is 61.9 Å². The van der Waals surface area contributed by atoms with E-state index in [2.05, 4.69) is 22.5 Å². The minimum absolute atomic E-state index is 0.00769. The van der Waals surface area contributed by atoms with E-state index in [1.54, 1.807) is 42.2 Å². The van der Waals surface area contributed by atoms with Crippen molar-refractivity contribution in [1.29, 1.82) is 0 Å². The molecule has 1 aliphatic carbocycles. The fraction of sp³-hybridized carbons (Fsp3) is 0.455. The van der Waals surface area contributed by atoms with Crippen LogP contribution in [0.1, 0.15) is 85.0 Å². The molecule has 9 rings (SSSR count). The summed E-state index contributed by atoms with van der Waals surface area (Å²) >= 11 is 0. The van der Waals surface area contributed by atoms with Gasteiger partial charge in [-0.25, -0.2) is 24.2 Å². The maximum absolute atomic E-state index is 13.8. The van der Waals surface area contributed by atoms with Gasteiger partial charge in [0.25, 0.3) is 17.5 Å². The van der Waals surface area contributed by atoms with E-state index in [-0.39, 0.29) is 65.0 Å². The molecule has 62 heavy (non-hydrogen) atoms. The molecular weight excluding hydrogens is 797 g/mol. The first kappa shape index (κ1) is 40.7. The molecule has 3 amide bonds. The number of anilines is 2. The molecule has 1 saturated carbocycles. The average molecular weight is 843 g/mol. The Balaban J connectivity index is 0.804. The van der Waals surface area contributed by atoms with Crippen LogP contribution in [-0.2, 0) is 19.1 Å². The monoisotopic (exact) mass is 842 g/mol. The largest absolute Gasteiger partial charge is 0.385 e. The number of hydrogen-bond donors (Lipinski definition) is 2. The van der Waals surface area contributed by atoms with Crippen molar-refractivity contribution in [2.24, 2.45) is 11.8 Å². The predicted octanol–water partition coefficient (Wildman–Crippen LogP) is 4.49. The Kier molecular flexibility index (Phi) is 11.1. The van der Waals surface area contributed by atoms with E-state index in [9.17, 15) is 34.1 Å². The number of carbonyl (C=O) groups excluding carboxylic acids is 5. The number of benzene rings is 2. The fourth-order valence-electron chi connectivity index (χ4n) is 9.58. The molecule has 18 heteroatoms. The number of allylic oxidation sites excluding steroid dienone is 1. The predicted molar refractivity (Wildman–Crippen MR) is 225 cm³/mol. The summed E-state index contributed by atoms with van der Waals surface area (Å²) in [5.41, 5.74) is 2.73. The first-order chi connectivity index (χ1) is 30.1. The van der Waals surface area contributed by atoms with Gasteiger partial charge in [-0.15, -0.1) is 0 Å². The van der Waals surface area contributed by atoms with Crippen LogP contribution in [0.4, 0.5) is 17.2 Å². The zero-order valence-electron chi connectivity index (χ0n) is 34.2. The number of morpholine rings is 1. The molecule has 0 radical (unpaired) electrons. The van der Waals surface area contributed by atoms with Crippen LogP contribution in [0.3, 0.4) is 0 Å². The van der Waals surface area contributed by atoms with E-state index < -0.39 is 22.8 Å². The van der Waals surface area contributed by atoms with Gasteiger partial charge in [-0.3, -0.25) is 29.4 Å². The number of likely N-dealkylation sites (tertiary alicyclic amines) is 1. The van der Waals surface area contributed by atoms with Crippen molar-refractivity contribution in [2.75, 3.05) is 49.6 Å². The quantitative estimate of drug-likeness (QED) is 0.103. The first-order valence-corrected chi connectivity index (χ1v) is 21.3. The molecule has 2 N–H and O–H groups in total. The molecule has 1 unspecified atom stereocenters. The molecule has 4 aliphatic heterocycles. The van der Waals surface area contributed by atoms with Crippen LogP contribution in [0.25, 0.3) is 22.4 Å². The molecule has 6 heterocycles. The van der Waals surface area contributed by atoms with Crippen LogP contribution >= 0.6 is 0 Å². The van der Waals surface area contributed by atoms with Crippen LogP contribution in [0.5, 0.6) is 0 Å². The number of amides is 3. The number of nitrogens with zero attached hydrogens (tertiary/aromatic N) is 8. The van der Waals surface area contributed by atoms with Gasteiger partial charge >= 0.3 is 0 Å². The SMILES string of the molecule is C[C@H]1COCCN1c1nc(-c2ccc([N+](=O)[O-])cc2)nc2c1cnn2C1CCN(C(=O)C2CCC(CNc3ccc4c(c3)C(=O)N(C3CCC(=C=O)NC3=C=O)C4=O)CC2)CC1. The highest BCUT2D eigenvalue weighted by Crippen LogP contribution is 2.37. The highest BCUT2D eigenvalue weighted by atomic mass is 16.6. The maximum atomic E-state index is 13.8. The zero-order chi connectivity index (χ0) is 43.1. The van der Waals surface area contributed by atoms with Gasteiger partial charge in [-0.05, 0) is 88.1 Å². The molecule has 2 aromatic carbocycles. The van der Waals surface area contributed by atoms with Crippen molar-refractivity contribution in [2.45, 2.75) is 76.4 Å². The summed E-state index contributed by atoms with van der Waals surface area (Å²) < 4.78 is 7.67. The molecule has 5 aliphatic rings. The van der Waals surface area contributed by atoms with Gasteiger partial charge in [0.2, 0.25) is 5.91 Å². The molecule has 4 aromatic rings. The number of nitrogens with one attached hydrogen (secondary N) is 2.